The standard InChI is InChI=1S/C12H12BrNOS/c1-7-10(14)12(13)16-11(7)8-3-5-9(15-2)6-4-8/h3-6H,14H2,1-2H3. The van der Waals surface area contributed by atoms with Gasteiger partial charge in [-0.3, -0.25) is 0 Å². The van der Waals surface area contributed by atoms with Gasteiger partial charge in [-0.1, -0.05) is 0 Å². The fraction of sp³-hybridized carbons (Fsp3) is 0.167. The summed E-state index contributed by atoms with van der Waals surface area (Å²) in [5.74, 6) is 0.866. The van der Waals surface area contributed by atoms with Crippen molar-refractivity contribution in [3.63, 3.8) is 0 Å². The Morgan fingerprint density at radius 1 is 1.25 bits per heavy atom. The van der Waals surface area contributed by atoms with Crippen LogP contribution >= 0.6 is 27.3 Å². The minimum Gasteiger partial charge on any atom is -0.497 e. The van der Waals surface area contributed by atoms with Crippen molar-refractivity contribution >= 4 is 33.0 Å². The van der Waals surface area contributed by atoms with Crippen LogP contribution in [-0.4, -0.2) is 7.11 Å². The molecule has 2 rings (SSSR count). The number of anilines is 1. The molecule has 0 bridgehead atoms. The fourth-order valence-corrected chi connectivity index (χ4v) is 3.25. The van der Waals surface area contributed by atoms with E-state index >= 15 is 0 Å². The predicted molar refractivity (Wildman–Crippen MR) is 73.2 cm³/mol. The maximum Gasteiger partial charge on any atom is 0.118 e. The summed E-state index contributed by atoms with van der Waals surface area (Å²) in [5.41, 5.74) is 9.06. The van der Waals surface area contributed by atoms with Crippen LogP contribution in [0.5, 0.6) is 5.75 Å². The zero-order valence-corrected chi connectivity index (χ0v) is 11.5. The van der Waals surface area contributed by atoms with E-state index in [0.717, 1.165) is 20.8 Å². The summed E-state index contributed by atoms with van der Waals surface area (Å²) >= 11 is 5.12. The smallest absolute Gasteiger partial charge is 0.118 e. The molecule has 2 nitrogen and oxygen atoms in total. The number of ether oxygens (including phenoxy) is 1. The largest absolute Gasteiger partial charge is 0.497 e. The number of thiophene rings is 1. The molecule has 84 valence electrons. The van der Waals surface area contributed by atoms with E-state index in [0.29, 0.717) is 0 Å². The van der Waals surface area contributed by atoms with Crippen molar-refractivity contribution in [3.05, 3.63) is 33.6 Å². The van der Waals surface area contributed by atoms with Crippen molar-refractivity contribution in [3.8, 4) is 16.2 Å². The van der Waals surface area contributed by atoms with E-state index in [1.54, 1.807) is 18.4 Å². The average molecular weight is 298 g/mol. The maximum absolute atomic E-state index is 5.93. The lowest BCUT2D eigenvalue weighted by Crippen LogP contribution is -1.86. The number of nitrogens with two attached hydrogens (primary N) is 1. The van der Waals surface area contributed by atoms with Gasteiger partial charge in [0.1, 0.15) is 5.75 Å². The Labute approximate surface area is 107 Å². The Bertz CT molecular complexity index is 504. The third kappa shape index (κ3) is 1.95. The number of hydrogen-bond donors (Lipinski definition) is 1. The molecule has 0 saturated heterocycles. The van der Waals surface area contributed by atoms with E-state index in [2.05, 4.69) is 15.9 Å². The first kappa shape index (κ1) is 11.5. The number of nitrogen functional groups attached to an aromatic ring is 1. The fourth-order valence-electron chi connectivity index (χ4n) is 1.51. The van der Waals surface area contributed by atoms with Gasteiger partial charge in [0.2, 0.25) is 0 Å². The molecule has 0 atom stereocenters. The SMILES string of the molecule is COc1ccc(-c2sc(Br)c(N)c2C)cc1. The molecule has 0 amide bonds. The van der Waals surface area contributed by atoms with Crippen molar-refractivity contribution in [2.75, 3.05) is 12.8 Å². The van der Waals surface area contributed by atoms with Crippen molar-refractivity contribution in [2.45, 2.75) is 6.92 Å². The molecule has 0 aliphatic rings. The minimum atomic E-state index is 0.829. The van der Waals surface area contributed by atoms with E-state index in [1.807, 2.05) is 31.2 Å². The quantitative estimate of drug-likeness (QED) is 0.906. The molecule has 4 heteroatoms. The van der Waals surface area contributed by atoms with Gasteiger partial charge in [0.05, 0.1) is 16.6 Å². The van der Waals surface area contributed by atoms with Crippen LogP contribution in [0.3, 0.4) is 0 Å². The molecule has 2 aromatic rings. The Balaban J connectivity index is 2.46. The zero-order valence-electron chi connectivity index (χ0n) is 9.08. The first-order valence-electron chi connectivity index (χ1n) is 4.82. The van der Waals surface area contributed by atoms with Crippen molar-refractivity contribution in [1.82, 2.24) is 0 Å². The van der Waals surface area contributed by atoms with Crippen LogP contribution in [0.25, 0.3) is 10.4 Å². The van der Waals surface area contributed by atoms with Crippen LogP contribution in [0.1, 0.15) is 5.56 Å². The van der Waals surface area contributed by atoms with Gasteiger partial charge in [-0.05, 0) is 58.2 Å². The van der Waals surface area contributed by atoms with Gasteiger partial charge in [0, 0.05) is 4.88 Å². The molecule has 0 radical (unpaired) electrons. The van der Waals surface area contributed by atoms with Crippen molar-refractivity contribution in [2.24, 2.45) is 0 Å². The first-order chi connectivity index (χ1) is 7.63. The van der Waals surface area contributed by atoms with Crippen LogP contribution in [-0.2, 0) is 0 Å². The Kier molecular flexibility index (Phi) is 3.21. The van der Waals surface area contributed by atoms with E-state index in [4.69, 9.17) is 10.5 Å². The second-order valence-corrected chi connectivity index (χ2v) is 5.81. The number of benzene rings is 1. The minimum absolute atomic E-state index is 0.829. The number of hydrogen-bond acceptors (Lipinski definition) is 3. The topological polar surface area (TPSA) is 35.2 Å². The summed E-state index contributed by atoms with van der Waals surface area (Å²) in [7, 11) is 1.67. The molecule has 0 aliphatic heterocycles. The van der Waals surface area contributed by atoms with Crippen molar-refractivity contribution < 1.29 is 4.74 Å². The molecular formula is C12H12BrNOS. The lowest BCUT2D eigenvalue weighted by Gasteiger charge is -2.02. The maximum atomic E-state index is 5.93. The van der Waals surface area contributed by atoms with Gasteiger partial charge < -0.3 is 10.5 Å². The summed E-state index contributed by atoms with van der Waals surface area (Å²) < 4.78 is 6.13. The molecule has 0 aliphatic carbocycles. The van der Waals surface area contributed by atoms with Gasteiger partial charge >= 0.3 is 0 Å². The van der Waals surface area contributed by atoms with E-state index in [-0.39, 0.29) is 0 Å². The summed E-state index contributed by atoms with van der Waals surface area (Å²) in [4.78, 5) is 1.20. The number of halogens is 1. The number of methoxy groups -OCH3 is 1. The molecular weight excluding hydrogens is 286 g/mol. The Hall–Kier alpha value is -1.00. The summed E-state index contributed by atoms with van der Waals surface area (Å²) in [6, 6.07) is 8.00. The third-order valence-corrected chi connectivity index (χ3v) is 4.56. The lowest BCUT2D eigenvalue weighted by molar-refractivity contribution is 0.415. The molecule has 0 saturated carbocycles. The summed E-state index contributed by atoms with van der Waals surface area (Å²) in [6.45, 7) is 2.04. The molecule has 1 heterocycles. The zero-order chi connectivity index (χ0) is 11.7. The van der Waals surface area contributed by atoms with Crippen LogP contribution in [0.4, 0.5) is 5.69 Å². The van der Waals surface area contributed by atoms with Crippen LogP contribution in [0.2, 0.25) is 0 Å². The summed E-state index contributed by atoms with van der Waals surface area (Å²) in [6.07, 6.45) is 0. The Morgan fingerprint density at radius 2 is 1.88 bits per heavy atom. The van der Waals surface area contributed by atoms with Crippen LogP contribution in [0.15, 0.2) is 28.1 Å². The molecule has 0 spiro atoms. The third-order valence-electron chi connectivity index (χ3n) is 2.50. The van der Waals surface area contributed by atoms with Crippen LogP contribution < -0.4 is 10.5 Å². The molecule has 2 N–H and O–H groups in total. The van der Waals surface area contributed by atoms with Gasteiger partial charge in [-0.15, -0.1) is 11.3 Å². The normalized spacial score (nSPS) is 10.4. The lowest BCUT2D eigenvalue weighted by atomic mass is 10.1. The monoisotopic (exact) mass is 297 g/mol. The van der Waals surface area contributed by atoms with Crippen LogP contribution in [0, 0.1) is 6.92 Å². The number of rotatable bonds is 2. The second-order valence-electron chi connectivity index (χ2n) is 3.47. The van der Waals surface area contributed by atoms with E-state index in [1.165, 1.54) is 10.4 Å². The first-order valence-corrected chi connectivity index (χ1v) is 6.43. The second kappa shape index (κ2) is 4.47. The highest BCUT2D eigenvalue weighted by Crippen LogP contribution is 2.41. The molecule has 0 unspecified atom stereocenters. The average Bonchev–Trinajstić information content (AvgIpc) is 2.57. The summed E-state index contributed by atoms with van der Waals surface area (Å²) in [5, 5.41) is 0. The molecule has 0 fully saturated rings. The molecule has 16 heavy (non-hydrogen) atoms. The van der Waals surface area contributed by atoms with Gasteiger partial charge in [-0.25, -0.2) is 0 Å². The van der Waals surface area contributed by atoms with E-state index in [9.17, 15) is 0 Å². The highest BCUT2D eigenvalue weighted by Gasteiger charge is 2.11. The van der Waals surface area contributed by atoms with Gasteiger partial charge in [0.25, 0.3) is 0 Å². The Morgan fingerprint density at radius 3 is 2.31 bits per heavy atom. The highest BCUT2D eigenvalue weighted by molar-refractivity contribution is 9.11. The molecule has 1 aromatic carbocycles. The highest BCUT2D eigenvalue weighted by atomic mass is 79.9. The van der Waals surface area contributed by atoms with E-state index < -0.39 is 0 Å². The van der Waals surface area contributed by atoms with Gasteiger partial charge in [-0.2, -0.15) is 0 Å². The van der Waals surface area contributed by atoms with Gasteiger partial charge in [0.15, 0.2) is 0 Å². The predicted octanol–water partition coefficient (Wildman–Crippen LogP) is 4.08. The molecule has 1 aromatic heterocycles. The van der Waals surface area contributed by atoms with Crippen molar-refractivity contribution in [1.29, 1.82) is 0 Å².